The number of likely N-dealkylation sites (tertiary alicyclic amines) is 1. The maximum absolute atomic E-state index is 13.0. The van der Waals surface area contributed by atoms with Gasteiger partial charge in [0.15, 0.2) is 5.69 Å². The minimum Gasteiger partial charge on any atom is -0.336 e. The summed E-state index contributed by atoms with van der Waals surface area (Å²) in [7, 11) is 0. The van der Waals surface area contributed by atoms with Crippen molar-refractivity contribution in [2.75, 3.05) is 13.1 Å². The van der Waals surface area contributed by atoms with Gasteiger partial charge >= 0.3 is 0 Å². The molecule has 1 amide bonds. The second-order valence-corrected chi connectivity index (χ2v) is 8.49. The van der Waals surface area contributed by atoms with Gasteiger partial charge in [-0.1, -0.05) is 0 Å². The SMILES string of the molecule is CC(C)(C)n1nc(C(=O)N2CCC3CCC(C2)N3)cc1C1CC1. The summed E-state index contributed by atoms with van der Waals surface area (Å²) in [6, 6.07) is 3.13. The summed E-state index contributed by atoms with van der Waals surface area (Å²) in [5.41, 5.74) is 1.81. The first-order valence-corrected chi connectivity index (χ1v) is 9.07. The number of carbonyl (C=O) groups is 1. The number of hydrogen-bond donors (Lipinski definition) is 1. The van der Waals surface area contributed by atoms with E-state index in [0.717, 1.165) is 19.5 Å². The summed E-state index contributed by atoms with van der Waals surface area (Å²) in [5, 5.41) is 8.35. The molecule has 3 heterocycles. The van der Waals surface area contributed by atoms with Crippen molar-refractivity contribution in [3.8, 4) is 0 Å². The fourth-order valence-corrected chi connectivity index (χ4v) is 4.00. The highest BCUT2D eigenvalue weighted by atomic mass is 16.2. The third kappa shape index (κ3) is 2.91. The molecule has 5 heteroatoms. The molecule has 5 nitrogen and oxygen atoms in total. The third-order valence-corrected chi connectivity index (χ3v) is 5.40. The van der Waals surface area contributed by atoms with Crippen LogP contribution in [0.3, 0.4) is 0 Å². The van der Waals surface area contributed by atoms with Crippen molar-refractivity contribution in [1.29, 1.82) is 0 Å². The molecule has 0 spiro atoms. The molecule has 2 saturated heterocycles. The van der Waals surface area contributed by atoms with Crippen LogP contribution in [-0.2, 0) is 5.54 Å². The van der Waals surface area contributed by atoms with Gasteiger partial charge in [-0.05, 0) is 58.9 Å². The van der Waals surface area contributed by atoms with E-state index in [1.54, 1.807) is 0 Å². The fraction of sp³-hybridized carbons (Fsp3) is 0.778. The van der Waals surface area contributed by atoms with E-state index in [4.69, 9.17) is 5.10 Å². The molecule has 4 rings (SSSR count). The topological polar surface area (TPSA) is 50.2 Å². The Morgan fingerprint density at radius 1 is 1.17 bits per heavy atom. The van der Waals surface area contributed by atoms with Crippen molar-refractivity contribution in [2.24, 2.45) is 0 Å². The van der Waals surface area contributed by atoms with Gasteiger partial charge in [-0.15, -0.1) is 0 Å². The van der Waals surface area contributed by atoms with E-state index in [2.05, 4.69) is 36.8 Å². The van der Waals surface area contributed by atoms with E-state index < -0.39 is 0 Å². The molecule has 1 aliphatic carbocycles. The summed E-state index contributed by atoms with van der Waals surface area (Å²) in [6.07, 6.45) is 5.98. The van der Waals surface area contributed by atoms with Gasteiger partial charge in [0.05, 0.1) is 5.54 Å². The molecule has 3 fully saturated rings. The largest absolute Gasteiger partial charge is 0.336 e. The average Bonchev–Trinajstić information content (AvgIpc) is 3.11. The molecular formula is C18H28N4O. The van der Waals surface area contributed by atoms with Gasteiger partial charge < -0.3 is 10.2 Å². The molecular weight excluding hydrogens is 288 g/mol. The molecule has 23 heavy (non-hydrogen) atoms. The van der Waals surface area contributed by atoms with Crippen LogP contribution < -0.4 is 5.32 Å². The van der Waals surface area contributed by atoms with E-state index >= 15 is 0 Å². The molecule has 2 bridgehead atoms. The first kappa shape index (κ1) is 15.2. The Hall–Kier alpha value is -1.36. The monoisotopic (exact) mass is 316 g/mol. The van der Waals surface area contributed by atoms with Crippen molar-refractivity contribution in [2.45, 2.75) is 76.4 Å². The van der Waals surface area contributed by atoms with Gasteiger partial charge in [-0.25, -0.2) is 0 Å². The van der Waals surface area contributed by atoms with Gasteiger partial charge in [-0.3, -0.25) is 9.48 Å². The summed E-state index contributed by atoms with van der Waals surface area (Å²) >= 11 is 0. The Morgan fingerprint density at radius 2 is 1.91 bits per heavy atom. The Morgan fingerprint density at radius 3 is 2.61 bits per heavy atom. The predicted molar refractivity (Wildman–Crippen MR) is 89.7 cm³/mol. The first-order chi connectivity index (χ1) is 10.9. The fourth-order valence-electron chi connectivity index (χ4n) is 4.00. The Bertz CT molecular complexity index is 611. The lowest BCUT2D eigenvalue weighted by molar-refractivity contribution is 0.0740. The summed E-state index contributed by atoms with van der Waals surface area (Å²) in [4.78, 5) is 15.0. The molecule has 2 atom stereocenters. The number of nitrogens with one attached hydrogen (secondary N) is 1. The van der Waals surface area contributed by atoms with Crippen LogP contribution in [0.4, 0.5) is 0 Å². The normalized spacial score (nSPS) is 28.0. The van der Waals surface area contributed by atoms with Crippen molar-refractivity contribution in [1.82, 2.24) is 20.0 Å². The molecule has 0 radical (unpaired) electrons. The molecule has 2 unspecified atom stereocenters. The van der Waals surface area contributed by atoms with E-state index in [1.807, 2.05) is 4.90 Å². The molecule has 0 aromatic carbocycles. The van der Waals surface area contributed by atoms with Crippen molar-refractivity contribution >= 4 is 5.91 Å². The average molecular weight is 316 g/mol. The van der Waals surface area contributed by atoms with Gasteiger partial charge in [0.25, 0.3) is 5.91 Å². The van der Waals surface area contributed by atoms with Gasteiger partial charge in [0, 0.05) is 36.8 Å². The lowest BCUT2D eigenvalue weighted by Gasteiger charge is -2.24. The standard InChI is InChI=1S/C18H28N4O/c1-18(2,3)22-16(12-4-5-12)10-15(20-22)17(23)21-9-8-13-6-7-14(11-21)19-13/h10,12-14,19H,4-9,11H2,1-3H3. The number of nitrogens with zero attached hydrogens (tertiary/aromatic N) is 3. The number of amides is 1. The molecule has 1 N–H and O–H groups in total. The second-order valence-electron chi connectivity index (χ2n) is 8.49. The highest BCUT2D eigenvalue weighted by Crippen LogP contribution is 2.41. The first-order valence-electron chi connectivity index (χ1n) is 9.07. The number of carbonyl (C=O) groups excluding carboxylic acids is 1. The number of hydrogen-bond acceptors (Lipinski definition) is 3. The quantitative estimate of drug-likeness (QED) is 0.912. The second kappa shape index (κ2) is 5.33. The van der Waals surface area contributed by atoms with Gasteiger partial charge in [0.1, 0.15) is 0 Å². The van der Waals surface area contributed by atoms with E-state index in [9.17, 15) is 4.79 Å². The summed E-state index contributed by atoms with van der Waals surface area (Å²) in [5.74, 6) is 0.717. The van der Waals surface area contributed by atoms with E-state index in [-0.39, 0.29) is 11.4 Å². The lowest BCUT2D eigenvalue weighted by Crippen LogP contribution is -2.39. The number of rotatable bonds is 2. The highest BCUT2D eigenvalue weighted by molar-refractivity contribution is 5.92. The molecule has 1 aromatic rings. The maximum atomic E-state index is 13.0. The van der Waals surface area contributed by atoms with Crippen LogP contribution >= 0.6 is 0 Å². The summed E-state index contributed by atoms with van der Waals surface area (Å²) < 4.78 is 2.08. The molecule has 2 aliphatic heterocycles. The predicted octanol–water partition coefficient (Wildman–Crippen LogP) is 2.48. The van der Waals surface area contributed by atoms with E-state index in [0.29, 0.717) is 23.7 Å². The Kier molecular flexibility index (Phi) is 3.52. The van der Waals surface area contributed by atoms with Crippen molar-refractivity contribution in [3.05, 3.63) is 17.5 Å². The van der Waals surface area contributed by atoms with Crippen LogP contribution in [0.15, 0.2) is 6.07 Å². The Balaban J connectivity index is 1.58. The smallest absolute Gasteiger partial charge is 0.274 e. The van der Waals surface area contributed by atoms with Crippen LogP contribution in [0.2, 0.25) is 0 Å². The number of aromatic nitrogens is 2. The minimum absolute atomic E-state index is 0.0735. The zero-order valence-electron chi connectivity index (χ0n) is 14.5. The molecule has 126 valence electrons. The summed E-state index contributed by atoms with van der Waals surface area (Å²) in [6.45, 7) is 8.17. The van der Waals surface area contributed by atoms with Crippen molar-refractivity contribution in [3.63, 3.8) is 0 Å². The molecule has 3 aliphatic rings. The van der Waals surface area contributed by atoms with Crippen LogP contribution in [-0.4, -0.2) is 45.8 Å². The molecule has 1 saturated carbocycles. The van der Waals surface area contributed by atoms with Gasteiger partial charge in [0.2, 0.25) is 0 Å². The lowest BCUT2D eigenvalue weighted by atomic mass is 10.1. The minimum atomic E-state index is -0.0735. The third-order valence-electron chi connectivity index (χ3n) is 5.40. The maximum Gasteiger partial charge on any atom is 0.274 e. The highest BCUT2D eigenvalue weighted by Gasteiger charge is 2.35. The van der Waals surface area contributed by atoms with Crippen LogP contribution in [0.5, 0.6) is 0 Å². The zero-order chi connectivity index (χ0) is 16.2. The molecule has 1 aromatic heterocycles. The zero-order valence-corrected chi connectivity index (χ0v) is 14.5. The van der Waals surface area contributed by atoms with Gasteiger partial charge in [-0.2, -0.15) is 5.10 Å². The van der Waals surface area contributed by atoms with Crippen LogP contribution in [0.1, 0.15) is 75.0 Å². The van der Waals surface area contributed by atoms with E-state index in [1.165, 1.54) is 31.4 Å². The van der Waals surface area contributed by atoms with Crippen molar-refractivity contribution < 1.29 is 4.79 Å². The number of fused-ring (bicyclic) bond motifs is 2. The van der Waals surface area contributed by atoms with Crippen LogP contribution in [0, 0.1) is 0 Å². The Labute approximate surface area is 138 Å². The van der Waals surface area contributed by atoms with Crippen LogP contribution in [0.25, 0.3) is 0 Å².